The minimum atomic E-state index is -0.452. The highest BCUT2D eigenvalue weighted by molar-refractivity contribution is 6.33. The van der Waals surface area contributed by atoms with Crippen LogP contribution < -0.4 is 10.6 Å². The van der Waals surface area contributed by atoms with E-state index in [0.29, 0.717) is 33.3 Å². The quantitative estimate of drug-likeness (QED) is 0.605. The van der Waals surface area contributed by atoms with Gasteiger partial charge in [0.2, 0.25) is 0 Å². The fourth-order valence-corrected chi connectivity index (χ4v) is 2.74. The Morgan fingerprint density at radius 1 is 1.07 bits per heavy atom. The number of nitrogens with one attached hydrogen (secondary N) is 2. The van der Waals surface area contributed by atoms with Crippen LogP contribution in [0.25, 0.3) is 0 Å². The van der Waals surface area contributed by atoms with Gasteiger partial charge in [-0.15, -0.1) is 0 Å². The Hall–Kier alpha value is -3.38. The van der Waals surface area contributed by atoms with Crippen LogP contribution in [0.4, 0.5) is 17.2 Å². The minimum absolute atomic E-state index is 0.222. The Balaban J connectivity index is 1.72. The van der Waals surface area contributed by atoms with Gasteiger partial charge in [0.1, 0.15) is 5.82 Å². The lowest BCUT2D eigenvalue weighted by Crippen LogP contribution is -2.14. The molecule has 28 heavy (non-hydrogen) atoms. The highest BCUT2D eigenvalue weighted by atomic mass is 35.5. The predicted molar refractivity (Wildman–Crippen MR) is 109 cm³/mol. The molecule has 7 heteroatoms. The molecule has 0 saturated carbocycles. The lowest BCUT2D eigenvalue weighted by molar-refractivity contribution is 0.0600. The number of anilines is 3. The summed E-state index contributed by atoms with van der Waals surface area (Å²) in [5, 5.41) is 6.31. The molecule has 0 atom stereocenters. The maximum absolute atomic E-state index is 12.4. The van der Waals surface area contributed by atoms with E-state index in [0.717, 1.165) is 5.56 Å². The van der Waals surface area contributed by atoms with Crippen molar-refractivity contribution in [3.05, 3.63) is 82.5 Å². The maximum Gasteiger partial charge on any atom is 0.337 e. The number of esters is 1. The van der Waals surface area contributed by atoms with Gasteiger partial charge >= 0.3 is 5.97 Å². The molecule has 2 aromatic carbocycles. The number of aromatic nitrogens is 1. The van der Waals surface area contributed by atoms with Crippen LogP contribution in [0.2, 0.25) is 5.02 Å². The molecule has 0 aliphatic carbocycles. The average molecular weight is 396 g/mol. The number of pyridine rings is 1. The molecule has 0 radical (unpaired) electrons. The predicted octanol–water partition coefficient (Wildman–Crippen LogP) is 4.83. The minimum Gasteiger partial charge on any atom is -0.465 e. The first-order chi connectivity index (χ1) is 13.5. The van der Waals surface area contributed by atoms with Crippen molar-refractivity contribution in [3.63, 3.8) is 0 Å². The van der Waals surface area contributed by atoms with Gasteiger partial charge in [0.25, 0.3) is 5.91 Å². The summed E-state index contributed by atoms with van der Waals surface area (Å²) < 4.78 is 4.72. The third-order valence-electron chi connectivity index (χ3n) is 4.06. The number of ether oxygens (including phenoxy) is 1. The fourth-order valence-electron chi connectivity index (χ4n) is 2.57. The first kappa shape index (κ1) is 19.4. The molecule has 0 saturated heterocycles. The van der Waals surface area contributed by atoms with Crippen LogP contribution in [0.3, 0.4) is 0 Å². The van der Waals surface area contributed by atoms with Crippen LogP contribution in [-0.4, -0.2) is 24.0 Å². The van der Waals surface area contributed by atoms with E-state index in [4.69, 9.17) is 16.3 Å². The number of halogens is 1. The van der Waals surface area contributed by atoms with Gasteiger partial charge < -0.3 is 15.4 Å². The van der Waals surface area contributed by atoms with E-state index < -0.39 is 5.97 Å². The third-order valence-corrected chi connectivity index (χ3v) is 4.39. The lowest BCUT2D eigenvalue weighted by Gasteiger charge is -2.11. The number of benzene rings is 2. The number of amides is 1. The number of aryl methyl sites for hydroxylation is 1. The molecule has 0 aliphatic heterocycles. The standard InChI is InChI=1S/C21H18ClN3O3/c1-13-5-3-4-6-16(13)20(26)25-19-10-8-15(12-23-19)24-18-11-14(21(27)28-2)7-9-17(18)22/h3-12,24H,1-2H3,(H,23,25,26). The maximum atomic E-state index is 12.4. The van der Waals surface area contributed by atoms with E-state index in [1.165, 1.54) is 7.11 Å². The van der Waals surface area contributed by atoms with Crippen molar-refractivity contribution in [2.75, 3.05) is 17.7 Å². The molecule has 1 heterocycles. The molecular weight excluding hydrogens is 378 g/mol. The number of carbonyl (C=O) groups is 2. The summed E-state index contributed by atoms with van der Waals surface area (Å²) in [5.74, 6) is -0.250. The number of methoxy groups -OCH3 is 1. The van der Waals surface area contributed by atoms with Gasteiger partial charge in [-0.3, -0.25) is 4.79 Å². The van der Waals surface area contributed by atoms with Crippen LogP contribution in [0.15, 0.2) is 60.8 Å². The smallest absolute Gasteiger partial charge is 0.337 e. The zero-order chi connectivity index (χ0) is 20.1. The van der Waals surface area contributed by atoms with Gasteiger partial charge in [-0.2, -0.15) is 0 Å². The second kappa shape index (κ2) is 8.54. The third kappa shape index (κ3) is 4.47. The normalized spacial score (nSPS) is 10.2. The molecule has 2 N–H and O–H groups in total. The fraction of sp³-hybridized carbons (Fsp3) is 0.0952. The summed E-state index contributed by atoms with van der Waals surface area (Å²) in [6.45, 7) is 1.88. The van der Waals surface area contributed by atoms with Gasteiger partial charge in [0.05, 0.1) is 35.3 Å². The second-order valence-corrected chi connectivity index (χ2v) is 6.42. The molecule has 0 unspecified atom stereocenters. The molecule has 0 fully saturated rings. The summed E-state index contributed by atoms with van der Waals surface area (Å²) in [6.07, 6.45) is 1.56. The van der Waals surface area contributed by atoms with Gasteiger partial charge in [-0.05, 0) is 48.9 Å². The van der Waals surface area contributed by atoms with Gasteiger partial charge in [0.15, 0.2) is 0 Å². The Morgan fingerprint density at radius 2 is 1.86 bits per heavy atom. The van der Waals surface area contributed by atoms with E-state index in [-0.39, 0.29) is 5.91 Å². The summed E-state index contributed by atoms with van der Waals surface area (Å²) in [5.41, 5.74) is 3.06. The molecular formula is C21H18ClN3O3. The first-order valence-corrected chi connectivity index (χ1v) is 8.83. The molecule has 6 nitrogen and oxygen atoms in total. The topological polar surface area (TPSA) is 80.3 Å². The number of carbonyl (C=O) groups excluding carboxylic acids is 2. The van der Waals surface area contributed by atoms with Gasteiger partial charge in [-0.25, -0.2) is 9.78 Å². The molecule has 1 amide bonds. The van der Waals surface area contributed by atoms with Crippen LogP contribution >= 0.6 is 11.6 Å². The van der Waals surface area contributed by atoms with Gasteiger partial charge in [0, 0.05) is 5.56 Å². The molecule has 142 valence electrons. The Labute approximate surface area is 167 Å². The first-order valence-electron chi connectivity index (χ1n) is 8.46. The van der Waals surface area contributed by atoms with E-state index in [2.05, 4.69) is 15.6 Å². The number of hydrogen-bond acceptors (Lipinski definition) is 5. The molecule has 0 bridgehead atoms. The summed E-state index contributed by atoms with van der Waals surface area (Å²) in [6, 6.07) is 15.6. The average Bonchev–Trinajstić information content (AvgIpc) is 2.70. The van der Waals surface area contributed by atoms with Crippen molar-refractivity contribution in [1.82, 2.24) is 4.98 Å². The Morgan fingerprint density at radius 3 is 2.54 bits per heavy atom. The van der Waals surface area contributed by atoms with Crippen LogP contribution in [0, 0.1) is 6.92 Å². The van der Waals surface area contributed by atoms with E-state index >= 15 is 0 Å². The second-order valence-electron chi connectivity index (χ2n) is 6.01. The number of nitrogens with zero attached hydrogens (tertiary/aromatic N) is 1. The highest BCUT2D eigenvalue weighted by Crippen LogP contribution is 2.27. The van der Waals surface area contributed by atoms with Crippen molar-refractivity contribution < 1.29 is 14.3 Å². The van der Waals surface area contributed by atoms with Crippen LogP contribution in [0.1, 0.15) is 26.3 Å². The van der Waals surface area contributed by atoms with Crippen molar-refractivity contribution in [2.45, 2.75) is 6.92 Å². The van der Waals surface area contributed by atoms with Gasteiger partial charge in [-0.1, -0.05) is 29.8 Å². The van der Waals surface area contributed by atoms with Crippen LogP contribution in [0.5, 0.6) is 0 Å². The van der Waals surface area contributed by atoms with Crippen molar-refractivity contribution in [1.29, 1.82) is 0 Å². The SMILES string of the molecule is COC(=O)c1ccc(Cl)c(Nc2ccc(NC(=O)c3ccccc3C)nc2)c1. The number of hydrogen-bond donors (Lipinski definition) is 2. The highest BCUT2D eigenvalue weighted by Gasteiger charge is 2.11. The van der Waals surface area contributed by atoms with E-state index in [1.54, 1.807) is 42.6 Å². The summed E-state index contributed by atoms with van der Waals surface area (Å²) in [7, 11) is 1.32. The molecule has 1 aromatic heterocycles. The van der Waals surface area contributed by atoms with Crippen molar-refractivity contribution in [3.8, 4) is 0 Å². The summed E-state index contributed by atoms with van der Waals surface area (Å²) >= 11 is 6.18. The van der Waals surface area contributed by atoms with Crippen LogP contribution in [-0.2, 0) is 4.74 Å². The number of rotatable bonds is 5. The largest absolute Gasteiger partial charge is 0.465 e. The monoisotopic (exact) mass is 395 g/mol. The Kier molecular flexibility index (Phi) is 5.91. The molecule has 3 aromatic rings. The Bertz CT molecular complexity index is 1020. The molecule has 0 aliphatic rings. The zero-order valence-corrected chi connectivity index (χ0v) is 16.1. The molecule has 0 spiro atoms. The zero-order valence-electron chi connectivity index (χ0n) is 15.3. The molecule has 3 rings (SSSR count). The summed E-state index contributed by atoms with van der Waals surface area (Å²) in [4.78, 5) is 28.3. The lowest BCUT2D eigenvalue weighted by atomic mass is 10.1. The van der Waals surface area contributed by atoms with Crippen molar-refractivity contribution in [2.24, 2.45) is 0 Å². The van der Waals surface area contributed by atoms with E-state index in [9.17, 15) is 9.59 Å². The van der Waals surface area contributed by atoms with Crippen molar-refractivity contribution >= 4 is 40.7 Å². The van der Waals surface area contributed by atoms with E-state index in [1.807, 2.05) is 25.1 Å².